The van der Waals surface area contributed by atoms with Crippen molar-refractivity contribution in [1.82, 2.24) is 4.98 Å². The summed E-state index contributed by atoms with van der Waals surface area (Å²) >= 11 is 0. The van der Waals surface area contributed by atoms with Crippen LogP contribution >= 0.6 is 0 Å². The van der Waals surface area contributed by atoms with Gasteiger partial charge in [0.25, 0.3) is 5.91 Å². The molecule has 4 rings (SSSR count). The van der Waals surface area contributed by atoms with Crippen molar-refractivity contribution in [2.24, 2.45) is 5.92 Å². The van der Waals surface area contributed by atoms with Gasteiger partial charge in [0.2, 0.25) is 11.8 Å². The highest BCUT2D eigenvalue weighted by Gasteiger charge is 2.11. The summed E-state index contributed by atoms with van der Waals surface area (Å²) in [5.41, 5.74) is 2.25. The molecule has 2 amide bonds. The third-order valence-electron chi connectivity index (χ3n) is 4.93. The van der Waals surface area contributed by atoms with E-state index in [1.807, 2.05) is 13.8 Å². The molecule has 0 saturated carbocycles. The summed E-state index contributed by atoms with van der Waals surface area (Å²) in [5.74, 6) is 0.0769. The van der Waals surface area contributed by atoms with Crippen LogP contribution < -0.4 is 16.3 Å². The van der Waals surface area contributed by atoms with Gasteiger partial charge in [-0.15, -0.1) is 0 Å². The molecule has 3 aromatic carbocycles. The molecule has 0 aliphatic heterocycles. The summed E-state index contributed by atoms with van der Waals surface area (Å²) in [5, 5.41) is 6.06. The second kappa shape index (κ2) is 9.48. The molecule has 0 aliphatic carbocycles. The van der Waals surface area contributed by atoms with Crippen LogP contribution in [0.1, 0.15) is 30.6 Å². The predicted molar refractivity (Wildman–Crippen MR) is 128 cm³/mol. The first-order valence-corrected chi connectivity index (χ1v) is 10.6. The number of amides is 2. The Kier molecular flexibility index (Phi) is 6.31. The number of rotatable bonds is 6. The molecule has 4 aromatic rings. The van der Waals surface area contributed by atoms with Gasteiger partial charge < -0.3 is 15.1 Å². The number of benzene rings is 3. The lowest BCUT2D eigenvalue weighted by Gasteiger charge is -2.09. The first-order valence-electron chi connectivity index (χ1n) is 10.6. The lowest BCUT2D eigenvalue weighted by atomic mass is 10.1. The van der Waals surface area contributed by atoms with Crippen molar-refractivity contribution < 1.29 is 14.0 Å². The number of para-hydroxylation sites is 1. The van der Waals surface area contributed by atoms with Gasteiger partial charge in [0, 0.05) is 28.9 Å². The number of carbonyl (C=O) groups excluding carboxylic acids is 2. The number of nitrogens with one attached hydrogen (secondary N) is 2. The summed E-state index contributed by atoms with van der Waals surface area (Å²) in [6.45, 7) is 3.96. The van der Waals surface area contributed by atoms with Crippen LogP contribution in [0, 0.1) is 5.92 Å². The molecule has 33 heavy (non-hydrogen) atoms. The smallest absolute Gasteiger partial charge is 0.347 e. The maximum absolute atomic E-state index is 12.7. The van der Waals surface area contributed by atoms with Crippen LogP contribution in [-0.2, 0) is 4.79 Å². The van der Waals surface area contributed by atoms with Gasteiger partial charge in [0.05, 0.1) is 10.9 Å². The molecule has 7 nitrogen and oxygen atoms in total. The molecule has 0 saturated heterocycles. The number of hydrogen-bond acceptors (Lipinski definition) is 5. The van der Waals surface area contributed by atoms with Gasteiger partial charge in [-0.3, -0.25) is 9.59 Å². The van der Waals surface area contributed by atoms with E-state index in [1.165, 1.54) is 0 Å². The van der Waals surface area contributed by atoms with Crippen molar-refractivity contribution >= 4 is 34.1 Å². The molecule has 0 bridgehead atoms. The SMILES string of the molecule is CC(C)CC(=O)Nc1ccc(C(=O)Nc2cccc(-c3nc4ccccc4c(=O)o3)c2)cc1. The molecule has 0 fully saturated rings. The van der Waals surface area contributed by atoms with Crippen LogP contribution in [0.4, 0.5) is 11.4 Å². The van der Waals surface area contributed by atoms with E-state index in [0.717, 1.165) is 0 Å². The molecule has 0 unspecified atom stereocenters. The second-order valence-electron chi connectivity index (χ2n) is 8.08. The quantitative estimate of drug-likeness (QED) is 0.434. The standard InChI is InChI=1S/C26H23N3O4/c1-16(2)14-23(30)27-19-12-10-17(11-13-19)24(31)28-20-7-5-6-18(15-20)25-29-22-9-4-3-8-21(22)26(32)33-25/h3-13,15-16H,14H2,1-2H3,(H,27,30)(H,28,31). The highest BCUT2D eigenvalue weighted by Crippen LogP contribution is 2.22. The first kappa shape index (κ1) is 22.0. The monoisotopic (exact) mass is 441 g/mol. The van der Waals surface area contributed by atoms with Crippen molar-refractivity contribution in [1.29, 1.82) is 0 Å². The Balaban J connectivity index is 1.49. The summed E-state index contributed by atoms with van der Waals surface area (Å²) in [6.07, 6.45) is 0.435. The van der Waals surface area contributed by atoms with Gasteiger partial charge in [0.15, 0.2) is 0 Å². The van der Waals surface area contributed by atoms with E-state index >= 15 is 0 Å². The van der Waals surface area contributed by atoms with Crippen molar-refractivity contribution in [3.05, 3.63) is 88.8 Å². The van der Waals surface area contributed by atoms with Gasteiger partial charge >= 0.3 is 5.63 Å². The van der Waals surface area contributed by atoms with Gasteiger partial charge in [-0.25, -0.2) is 9.78 Å². The number of fused-ring (bicyclic) bond motifs is 1. The highest BCUT2D eigenvalue weighted by atomic mass is 16.4. The maximum Gasteiger partial charge on any atom is 0.347 e. The summed E-state index contributed by atoms with van der Waals surface area (Å²) < 4.78 is 5.38. The lowest BCUT2D eigenvalue weighted by Crippen LogP contribution is -2.14. The minimum atomic E-state index is -0.467. The molecular weight excluding hydrogens is 418 g/mol. The minimum absolute atomic E-state index is 0.0621. The molecular formula is C26H23N3O4. The third kappa shape index (κ3) is 5.33. The van der Waals surface area contributed by atoms with E-state index in [-0.39, 0.29) is 23.6 Å². The number of aromatic nitrogens is 1. The fraction of sp³-hybridized carbons (Fsp3) is 0.154. The Morgan fingerprint density at radius 3 is 2.42 bits per heavy atom. The van der Waals surface area contributed by atoms with E-state index in [9.17, 15) is 14.4 Å². The van der Waals surface area contributed by atoms with Gasteiger partial charge in [-0.1, -0.05) is 32.0 Å². The highest BCUT2D eigenvalue weighted by molar-refractivity contribution is 6.05. The second-order valence-corrected chi connectivity index (χ2v) is 8.08. The third-order valence-corrected chi connectivity index (χ3v) is 4.93. The fourth-order valence-corrected chi connectivity index (χ4v) is 3.36. The van der Waals surface area contributed by atoms with Gasteiger partial charge in [-0.05, 0) is 60.5 Å². The molecule has 0 aliphatic rings. The normalized spacial score (nSPS) is 10.9. The molecule has 0 radical (unpaired) electrons. The van der Waals surface area contributed by atoms with E-state index in [2.05, 4.69) is 15.6 Å². The Morgan fingerprint density at radius 1 is 0.909 bits per heavy atom. The summed E-state index contributed by atoms with van der Waals surface area (Å²) in [6, 6.07) is 20.6. The van der Waals surface area contributed by atoms with Crippen molar-refractivity contribution in [2.75, 3.05) is 10.6 Å². The zero-order valence-electron chi connectivity index (χ0n) is 18.3. The van der Waals surface area contributed by atoms with Crippen molar-refractivity contribution in [2.45, 2.75) is 20.3 Å². The minimum Gasteiger partial charge on any atom is -0.403 e. The lowest BCUT2D eigenvalue weighted by molar-refractivity contribution is -0.116. The number of carbonyl (C=O) groups is 2. The fourth-order valence-electron chi connectivity index (χ4n) is 3.36. The predicted octanol–water partition coefficient (Wildman–Crippen LogP) is 5.09. The molecule has 1 aromatic heterocycles. The van der Waals surface area contributed by atoms with Crippen LogP contribution in [0.15, 0.2) is 82.0 Å². The number of anilines is 2. The average molecular weight is 441 g/mol. The van der Waals surface area contributed by atoms with Crippen molar-refractivity contribution in [3.8, 4) is 11.5 Å². The Hall–Kier alpha value is -4.26. The molecule has 7 heteroatoms. The van der Waals surface area contributed by atoms with Crippen molar-refractivity contribution in [3.63, 3.8) is 0 Å². The zero-order chi connectivity index (χ0) is 23.4. The van der Waals surface area contributed by atoms with Crippen LogP contribution in [0.25, 0.3) is 22.4 Å². The van der Waals surface area contributed by atoms with Crippen LogP contribution in [0.2, 0.25) is 0 Å². The maximum atomic E-state index is 12.7. The van der Waals surface area contributed by atoms with E-state index in [0.29, 0.717) is 39.8 Å². The van der Waals surface area contributed by atoms with Crippen LogP contribution in [0.3, 0.4) is 0 Å². The Morgan fingerprint density at radius 2 is 1.67 bits per heavy atom. The number of hydrogen-bond donors (Lipinski definition) is 2. The van der Waals surface area contributed by atoms with Crippen LogP contribution in [-0.4, -0.2) is 16.8 Å². The number of nitrogens with zero attached hydrogens (tertiary/aromatic N) is 1. The molecule has 0 atom stereocenters. The Labute approximate surface area is 190 Å². The summed E-state index contributed by atoms with van der Waals surface area (Å²) in [4.78, 5) is 41.3. The van der Waals surface area contributed by atoms with Gasteiger partial charge in [-0.2, -0.15) is 0 Å². The van der Waals surface area contributed by atoms with Gasteiger partial charge in [0.1, 0.15) is 0 Å². The summed E-state index contributed by atoms with van der Waals surface area (Å²) in [7, 11) is 0. The van der Waals surface area contributed by atoms with E-state index in [4.69, 9.17) is 4.42 Å². The molecule has 166 valence electrons. The molecule has 0 spiro atoms. The topological polar surface area (TPSA) is 101 Å². The van der Waals surface area contributed by atoms with E-state index in [1.54, 1.807) is 72.8 Å². The molecule has 2 N–H and O–H groups in total. The Bertz CT molecular complexity index is 1370. The van der Waals surface area contributed by atoms with E-state index < -0.39 is 5.63 Å². The first-order chi connectivity index (χ1) is 15.9. The zero-order valence-corrected chi connectivity index (χ0v) is 18.3. The molecule has 1 heterocycles. The average Bonchev–Trinajstić information content (AvgIpc) is 2.79. The largest absolute Gasteiger partial charge is 0.403 e. The van der Waals surface area contributed by atoms with Crippen LogP contribution in [0.5, 0.6) is 0 Å².